The van der Waals surface area contributed by atoms with Crippen molar-refractivity contribution in [3.63, 3.8) is 0 Å². The molecule has 94 valence electrons. The Bertz CT molecular complexity index is 477. The zero-order chi connectivity index (χ0) is 12.9. The van der Waals surface area contributed by atoms with Crippen LogP contribution < -0.4 is 4.74 Å². The van der Waals surface area contributed by atoms with Gasteiger partial charge in [0.2, 0.25) is 0 Å². The van der Waals surface area contributed by atoms with Gasteiger partial charge >= 0.3 is 0 Å². The van der Waals surface area contributed by atoms with Crippen LogP contribution in [0, 0.1) is 0 Å². The van der Waals surface area contributed by atoms with Crippen LogP contribution in [0.2, 0.25) is 0 Å². The van der Waals surface area contributed by atoms with E-state index in [0.717, 1.165) is 0 Å². The van der Waals surface area contributed by atoms with Crippen LogP contribution in [0.4, 0.5) is 0 Å². The topological polar surface area (TPSA) is 60.4 Å². The molecule has 0 spiro atoms. The first-order chi connectivity index (χ1) is 7.97. The predicted molar refractivity (Wildman–Crippen MR) is 66.2 cm³/mol. The molecule has 0 saturated heterocycles. The van der Waals surface area contributed by atoms with Crippen molar-refractivity contribution in [3.8, 4) is 5.75 Å². The number of sulfone groups is 1. The Morgan fingerprint density at radius 1 is 1.29 bits per heavy atom. The Balaban J connectivity index is 2.60. The number of carbonyl (C=O) groups excluding carboxylic acids is 1. The van der Waals surface area contributed by atoms with Crippen molar-refractivity contribution in [1.82, 2.24) is 0 Å². The van der Waals surface area contributed by atoms with E-state index in [2.05, 4.69) is 0 Å². The van der Waals surface area contributed by atoms with Crippen LogP contribution in [0.25, 0.3) is 0 Å². The summed E-state index contributed by atoms with van der Waals surface area (Å²) < 4.78 is 28.4. The highest BCUT2D eigenvalue weighted by molar-refractivity contribution is 7.91. The van der Waals surface area contributed by atoms with Crippen LogP contribution in [-0.2, 0) is 9.84 Å². The average molecular weight is 256 g/mol. The van der Waals surface area contributed by atoms with Crippen molar-refractivity contribution in [1.29, 1.82) is 0 Å². The van der Waals surface area contributed by atoms with Crippen LogP contribution in [0.1, 0.15) is 24.2 Å². The fourth-order valence-corrected chi connectivity index (χ4v) is 2.00. The molecule has 0 aliphatic heterocycles. The van der Waals surface area contributed by atoms with Crippen molar-refractivity contribution < 1.29 is 17.9 Å². The highest BCUT2D eigenvalue weighted by Crippen LogP contribution is 2.15. The predicted octanol–water partition coefficient (Wildman–Crippen LogP) is 1.70. The van der Waals surface area contributed by atoms with Crippen molar-refractivity contribution in [3.05, 3.63) is 29.8 Å². The Hall–Kier alpha value is -1.36. The van der Waals surface area contributed by atoms with Crippen LogP contribution in [-0.4, -0.2) is 32.3 Å². The Morgan fingerprint density at radius 3 is 2.53 bits per heavy atom. The molecule has 1 rings (SSSR count). The number of rotatable bonds is 6. The van der Waals surface area contributed by atoms with Gasteiger partial charge in [0.1, 0.15) is 12.4 Å². The first-order valence-electron chi connectivity index (χ1n) is 5.36. The minimum absolute atomic E-state index is 0.0438. The van der Waals surface area contributed by atoms with Crippen LogP contribution in [0.15, 0.2) is 24.3 Å². The van der Waals surface area contributed by atoms with Gasteiger partial charge in [-0.05, 0) is 26.0 Å². The maximum Gasteiger partial charge on any atom is 0.155 e. The summed E-state index contributed by atoms with van der Waals surface area (Å²) in [5, 5.41) is -0.410. The fraction of sp³-hybridized carbons (Fsp3) is 0.417. The minimum Gasteiger partial charge on any atom is -0.492 e. The lowest BCUT2D eigenvalue weighted by Crippen LogP contribution is -2.22. The normalized spacial score (nSPS) is 11.5. The van der Waals surface area contributed by atoms with Crippen LogP contribution in [0.5, 0.6) is 5.75 Å². The van der Waals surface area contributed by atoms with Gasteiger partial charge in [0.05, 0.1) is 16.6 Å². The number of ether oxygens (including phenoxy) is 1. The van der Waals surface area contributed by atoms with E-state index in [0.29, 0.717) is 17.6 Å². The second kappa shape index (κ2) is 5.82. The van der Waals surface area contributed by atoms with Gasteiger partial charge < -0.3 is 4.74 Å². The second-order valence-corrected chi connectivity index (χ2v) is 6.60. The lowest BCUT2D eigenvalue weighted by Gasteiger charge is -2.10. The van der Waals surface area contributed by atoms with Gasteiger partial charge in [0, 0.05) is 0 Å². The molecule has 0 saturated carbocycles. The first kappa shape index (κ1) is 13.7. The molecule has 4 nitrogen and oxygen atoms in total. The van der Waals surface area contributed by atoms with E-state index in [1.54, 1.807) is 38.1 Å². The quantitative estimate of drug-likeness (QED) is 0.727. The summed E-state index contributed by atoms with van der Waals surface area (Å²) >= 11 is 0. The number of para-hydroxylation sites is 1. The standard InChI is InChI=1S/C12H16O4S/c1-10(2)17(14,15)8-7-16-12-6-4-3-5-11(12)9-13/h3-6,9-10H,7-8H2,1-2H3. The molecular formula is C12H16O4S. The van der Waals surface area contributed by atoms with Gasteiger partial charge in [-0.3, -0.25) is 4.79 Å². The molecule has 0 heterocycles. The lowest BCUT2D eigenvalue weighted by atomic mass is 10.2. The molecule has 0 aromatic heterocycles. The van der Waals surface area contributed by atoms with E-state index >= 15 is 0 Å². The number of hydrogen-bond acceptors (Lipinski definition) is 4. The maximum absolute atomic E-state index is 11.5. The minimum atomic E-state index is -3.10. The van der Waals surface area contributed by atoms with Crippen LogP contribution >= 0.6 is 0 Å². The zero-order valence-electron chi connectivity index (χ0n) is 9.92. The van der Waals surface area contributed by atoms with E-state index in [9.17, 15) is 13.2 Å². The summed E-state index contributed by atoms with van der Waals surface area (Å²) in [6.45, 7) is 3.33. The third-order valence-corrected chi connectivity index (χ3v) is 4.56. The maximum atomic E-state index is 11.5. The van der Waals surface area contributed by atoms with Gasteiger partial charge in [-0.25, -0.2) is 8.42 Å². The summed E-state index contributed by atoms with van der Waals surface area (Å²) in [5.74, 6) is 0.374. The van der Waals surface area contributed by atoms with E-state index in [4.69, 9.17) is 4.74 Å². The van der Waals surface area contributed by atoms with E-state index in [-0.39, 0.29) is 12.4 Å². The molecule has 0 aliphatic carbocycles. The molecule has 0 fully saturated rings. The summed E-state index contributed by atoms with van der Waals surface area (Å²) in [5.41, 5.74) is 0.425. The number of carbonyl (C=O) groups is 1. The van der Waals surface area contributed by atoms with Gasteiger partial charge in [-0.1, -0.05) is 12.1 Å². The Morgan fingerprint density at radius 2 is 1.94 bits per heavy atom. The fourth-order valence-electron chi connectivity index (χ4n) is 1.21. The smallest absolute Gasteiger partial charge is 0.155 e. The molecule has 0 N–H and O–H groups in total. The van der Waals surface area contributed by atoms with Gasteiger partial charge in [-0.15, -0.1) is 0 Å². The first-order valence-corrected chi connectivity index (χ1v) is 7.07. The van der Waals surface area contributed by atoms with Crippen molar-refractivity contribution in [2.45, 2.75) is 19.1 Å². The third-order valence-electron chi connectivity index (χ3n) is 2.39. The molecule has 0 atom stereocenters. The van der Waals surface area contributed by atoms with Gasteiger partial charge in [0.25, 0.3) is 0 Å². The molecule has 0 radical (unpaired) electrons. The summed E-state index contributed by atoms with van der Waals surface area (Å²) in [7, 11) is -3.10. The summed E-state index contributed by atoms with van der Waals surface area (Å²) in [6, 6.07) is 6.73. The van der Waals surface area contributed by atoms with Crippen molar-refractivity contribution in [2.24, 2.45) is 0 Å². The molecule has 1 aromatic carbocycles. The summed E-state index contributed by atoms with van der Waals surface area (Å²) in [4.78, 5) is 10.7. The van der Waals surface area contributed by atoms with Crippen LogP contribution in [0.3, 0.4) is 0 Å². The monoisotopic (exact) mass is 256 g/mol. The largest absolute Gasteiger partial charge is 0.492 e. The highest BCUT2D eigenvalue weighted by atomic mass is 32.2. The van der Waals surface area contributed by atoms with Gasteiger partial charge in [-0.2, -0.15) is 0 Å². The lowest BCUT2D eigenvalue weighted by molar-refractivity contribution is 0.112. The van der Waals surface area contributed by atoms with Gasteiger partial charge in [0.15, 0.2) is 16.1 Å². The van der Waals surface area contributed by atoms with Crippen molar-refractivity contribution >= 4 is 16.1 Å². The molecule has 17 heavy (non-hydrogen) atoms. The van der Waals surface area contributed by atoms with E-state index < -0.39 is 15.1 Å². The number of aldehydes is 1. The number of benzene rings is 1. The molecule has 0 unspecified atom stereocenters. The molecule has 1 aromatic rings. The molecule has 5 heteroatoms. The highest BCUT2D eigenvalue weighted by Gasteiger charge is 2.16. The molecule has 0 bridgehead atoms. The molecule has 0 aliphatic rings. The van der Waals surface area contributed by atoms with Crippen molar-refractivity contribution in [2.75, 3.05) is 12.4 Å². The number of hydrogen-bond donors (Lipinski definition) is 0. The molecular weight excluding hydrogens is 240 g/mol. The average Bonchev–Trinajstić information content (AvgIpc) is 2.29. The van der Waals surface area contributed by atoms with E-state index in [1.807, 2.05) is 0 Å². The molecule has 0 amide bonds. The summed E-state index contributed by atoms with van der Waals surface area (Å²) in [6.07, 6.45) is 0.687. The van der Waals surface area contributed by atoms with E-state index in [1.165, 1.54) is 0 Å². The third kappa shape index (κ3) is 3.85. The Kier molecular flexibility index (Phi) is 4.69. The zero-order valence-corrected chi connectivity index (χ0v) is 10.7. The SMILES string of the molecule is CC(C)S(=O)(=O)CCOc1ccccc1C=O. The Labute approximate surface area is 102 Å². The second-order valence-electron chi connectivity index (χ2n) is 3.92.